The van der Waals surface area contributed by atoms with Crippen LogP contribution in [-0.4, -0.2) is 12.2 Å². The Morgan fingerprint density at radius 2 is 1.76 bits per heavy atom. The summed E-state index contributed by atoms with van der Waals surface area (Å²) in [6.07, 6.45) is 11.1. The van der Waals surface area contributed by atoms with E-state index in [0.717, 1.165) is 16.9 Å². The van der Waals surface area contributed by atoms with Crippen molar-refractivity contribution in [3.8, 4) is 5.75 Å². The Balaban J connectivity index is 2.12. The zero-order chi connectivity index (χ0) is 12.1. The van der Waals surface area contributed by atoms with Crippen LogP contribution in [0.5, 0.6) is 5.75 Å². The molecule has 2 rings (SSSR count). The SMILES string of the molecule is COc1ccc(/C=C/C(O)=C2C=CC=C2)cc1. The molecule has 0 aliphatic heterocycles. The van der Waals surface area contributed by atoms with Crippen molar-refractivity contribution < 1.29 is 9.84 Å². The average Bonchev–Trinajstić information content (AvgIpc) is 2.90. The lowest BCUT2D eigenvalue weighted by molar-refractivity contribution is 0.415. The number of allylic oxidation sites excluding steroid dienone is 6. The molecule has 2 heteroatoms. The summed E-state index contributed by atoms with van der Waals surface area (Å²) in [5.74, 6) is 1.09. The fraction of sp³-hybridized carbons (Fsp3) is 0.0667. The summed E-state index contributed by atoms with van der Waals surface area (Å²) in [5.41, 5.74) is 1.85. The largest absolute Gasteiger partial charge is 0.507 e. The van der Waals surface area contributed by atoms with Gasteiger partial charge in [-0.15, -0.1) is 0 Å². The van der Waals surface area contributed by atoms with Crippen molar-refractivity contribution in [3.63, 3.8) is 0 Å². The van der Waals surface area contributed by atoms with E-state index in [1.807, 2.05) is 54.6 Å². The van der Waals surface area contributed by atoms with Crippen LogP contribution >= 0.6 is 0 Å². The molecule has 1 aromatic carbocycles. The van der Waals surface area contributed by atoms with Gasteiger partial charge in [0.2, 0.25) is 0 Å². The van der Waals surface area contributed by atoms with Gasteiger partial charge in [0.05, 0.1) is 7.11 Å². The molecule has 86 valence electrons. The topological polar surface area (TPSA) is 29.5 Å². The summed E-state index contributed by atoms with van der Waals surface area (Å²) in [6.45, 7) is 0. The first-order chi connectivity index (χ1) is 8.29. The minimum atomic E-state index is 0.269. The molecule has 1 aromatic rings. The van der Waals surface area contributed by atoms with Gasteiger partial charge in [0.1, 0.15) is 11.5 Å². The molecule has 17 heavy (non-hydrogen) atoms. The zero-order valence-corrected chi connectivity index (χ0v) is 9.63. The van der Waals surface area contributed by atoms with Crippen LogP contribution in [0.15, 0.2) is 66.0 Å². The average molecular weight is 226 g/mol. The Bertz CT molecular complexity index is 488. The third-order valence-corrected chi connectivity index (χ3v) is 2.51. The molecular weight excluding hydrogens is 212 g/mol. The molecule has 0 unspecified atom stereocenters. The van der Waals surface area contributed by atoms with Crippen molar-refractivity contribution in [1.82, 2.24) is 0 Å². The number of benzene rings is 1. The van der Waals surface area contributed by atoms with E-state index >= 15 is 0 Å². The lowest BCUT2D eigenvalue weighted by Gasteiger charge is -1.99. The molecule has 1 aliphatic carbocycles. The van der Waals surface area contributed by atoms with Crippen molar-refractivity contribution in [2.45, 2.75) is 0 Å². The molecule has 0 fully saturated rings. The van der Waals surface area contributed by atoms with Crippen LogP contribution in [0.2, 0.25) is 0 Å². The van der Waals surface area contributed by atoms with Crippen molar-refractivity contribution in [2.24, 2.45) is 0 Å². The molecule has 0 spiro atoms. The van der Waals surface area contributed by atoms with Gasteiger partial charge in [-0.2, -0.15) is 0 Å². The number of rotatable bonds is 3. The predicted molar refractivity (Wildman–Crippen MR) is 70.0 cm³/mol. The van der Waals surface area contributed by atoms with Gasteiger partial charge in [-0.3, -0.25) is 0 Å². The summed E-state index contributed by atoms with van der Waals surface area (Å²) in [6, 6.07) is 7.65. The van der Waals surface area contributed by atoms with E-state index in [1.54, 1.807) is 13.2 Å². The minimum Gasteiger partial charge on any atom is -0.507 e. The first-order valence-electron chi connectivity index (χ1n) is 5.40. The third kappa shape index (κ3) is 2.88. The quantitative estimate of drug-likeness (QED) is 0.797. The van der Waals surface area contributed by atoms with Gasteiger partial charge in [-0.1, -0.05) is 42.5 Å². The molecule has 0 atom stereocenters. The third-order valence-electron chi connectivity index (χ3n) is 2.51. The lowest BCUT2D eigenvalue weighted by Crippen LogP contribution is -1.82. The van der Waals surface area contributed by atoms with Crippen LogP contribution in [0, 0.1) is 0 Å². The second-order valence-electron chi connectivity index (χ2n) is 3.67. The standard InChI is InChI=1S/C15H14O2/c1-17-14-9-6-12(7-10-14)8-11-15(16)13-4-2-3-5-13/h2-11,16H,1H3/b11-8+. The monoisotopic (exact) mass is 226 g/mol. The Morgan fingerprint density at radius 3 is 2.35 bits per heavy atom. The van der Waals surface area contributed by atoms with Crippen LogP contribution in [0.25, 0.3) is 6.08 Å². The van der Waals surface area contributed by atoms with Gasteiger partial charge in [0, 0.05) is 5.57 Å². The van der Waals surface area contributed by atoms with E-state index in [4.69, 9.17) is 4.74 Å². The predicted octanol–water partition coefficient (Wildman–Crippen LogP) is 3.65. The highest BCUT2D eigenvalue weighted by molar-refractivity contribution is 5.55. The molecule has 2 nitrogen and oxygen atoms in total. The molecule has 0 aromatic heterocycles. The maximum atomic E-state index is 9.78. The Kier molecular flexibility index (Phi) is 3.46. The van der Waals surface area contributed by atoms with Crippen LogP contribution in [-0.2, 0) is 0 Å². The highest BCUT2D eigenvalue weighted by Crippen LogP contribution is 2.15. The van der Waals surface area contributed by atoms with Crippen LogP contribution in [0.1, 0.15) is 5.56 Å². The van der Waals surface area contributed by atoms with Crippen LogP contribution < -0.4 is 4.74 Å². The molecule has 0 amide bonds. The number of hydrogen-bond acceptors (Lipinski definition) is 2. The summed E-state index contributed by atoms with van der Waals surface area (Å²) >= 11 is 0. The Labute approximate surface area is 101 Å². The number of hydrogen-bond donors (Lipinski definition) is 1. The number of methoxy groups -OCH3 is 1. The molecule has 1 N–H and O–H groups in total. The second kappa shape index (κ2) is 5.21. The molecule has 0 saturated carbocycles. The van der Waals surface area contributed by atoms with E-state index in [1.165, 1.54) is 0 Å². The first kappa shape index (κ1) is 11.3. The zero-order valence-electron chi connectivity index (χ0n) is 9.63. The van der Waals surface area contributed by atoms with E-state index in [9.17, 15) is 5.11 Å². The molecule has 0 saturated heterocycles. The number of aliphatic hydroxyl groups excluding tert-OH is 1. The summed E-state index contributed by atoms with van der Waals surface area (Å²) in [4.78, 5) is 0. The Hall–Kier alpha value is -2.22. The van der Waals surface area contributed by atoms with Crippen molar-refractivity contribution in [3.05, 3.63) is 71.5 Å². The summed E-state index contributed by atoms with van der Waals surface area (Å²) in [7, 11) is 1.64. The first-order valence-corrected chi connectivity index (χ1v) is 5.40. The molecule has 1 aliphatic rings. The van der Waals surface area contributed by atoms with Crippen LogP contribution in [0.3, 0.4) is 0 Å². The second-order valence-corrected chi connectivity index (χ2v) is 3.67. The van der Waals surface area contributed by atoms with Gasteiger partial charge in [0.25, 0.3) is 0 Å². The number of aliphatic hydroxyl groups is 1. The molecule has 0 heterocycles. The van der Waals surface area contributed by atoms with E-state index in [0.29, 0.717) is 0 Å². The fourth-order valence-electron chi connectivity index (χ4n) is 1.53. The minimum absolute atomic E-state index is 0.269. The summed E-state index contributed by atoms with van der Waals surface area (Å²) in [5, 5.41) is 9.78. The Morgan fingerprint density at radius 1 is 1.12 bits per heavy atom. The van der Waals surface area contributed by atoms with E-state index in [2.05, 4.69) is 0 Å². The van der Waals surface area contributed by atoms with Crippen LogP contribution in [0.4, 0.5) is 0 Å². The van der Waals surface area contributed by atoms with E-state index < -0.39 is 0 Å². The highest BCUT2D eigenvalue weighted by Gasteiger charge is 1.98. The smallest absolute Gasteiger partial charge is 0.122 e. The molecule has 0 radical (unpaired) electrons. The van der Waals surface area contributed by atoms with Gasteiger partial charge in [-0.25, -0.2) is 0 Å². The molecule has 0 bridgehead atoms. The van der Waals surface area contributed by atoms with Crippen molar-refractivity contribution in [1.29, 1.82) is 0 Å². The van der Waals surface area contributed by atoms with Gasteiger partial charge >= 0.3 is 0 Å². The molecular formula is C15H14O2. The maximum absolute atomic E-state index is 9.78. The van der Waals surface area contributed by atoms with Gasteiger partial charge in [0.15, 0.2) is 0 Å². The van der Waals surface area contributed by atoms with Crippen molar-refractivity contribution in [2.75, 3.05) is 7.11 Å². The van der Waals surface area contributed by atoms with Crippen molar-refractivity contribution >= 4 is 6.08 Å². The highest BCUT2D eigenvalue weighted by atomic mass is 16.5. The maximum Gasteiger partial charge on any atom is 0.122 e. The normalized spacial score (nSPS) is 13.6. The lowest BCUT2D eigenvalue weighted by atomic mass is 10.1. The van der Waals surface area contributed by atoms with Gasteiger partial charge < -0.3 is 9.84 Å². The number of ether oxygens (including phenoxy) is 1. The van der Waals surface area contributed by atoms with Gasteiger partial charge in [-0.05, 0) is 23.8 Å². The fourth-order valence-corrected chi connectivity index (χ4v) is 1.53. The summed E-state index contributed by atoms with van der Waals surface area (Å²) < 4.78 is 5.07. The van der Waals surface area contributed by atoms with E-state index in [-0.39, 0.29) is 5.76 Å².